The lowest BCUT2D eigenvalue weighted by Crippen LogP contribution is -2.55. The van der Waals surface area contributed by atoms with Crippen molar-refractivity contribution < 1.29 is 29.0 Å². The zero-order valence-electron chi connectivity index (χ0n) is 17.9. The molecule has 0 bridgehead atoms. The minimum absolute atomic E-state index is 0.114. The Labute approximate surface area is 172 Å². The third-order valence-corrected chi connectivity index (χ3v) is 5.08. The Morgan fingerprint density at radius 3 is 2.07 bits per heavy atom. The second-order valence-electron chi connectivity index (χ2n) is 8.94. The van der Waals surface area contributed by atoms with E-state index in [0.29, 0.717) is 5.56 Å². The molecule has 1 aliphatic rings. The number of esters is 2. The fraction of sp³-hybridized carbons (Fsp3) is 0.609. The summed E-state index contributed by atoms with van der Waals surface area (Å²) in [5.74, 6) is -4.52. The molecule has 6 heteroatoms. The molecule has 0 radical (unpaired) electrons. The summed E-state index contributed by atoms with van der Waals surface area (Å²) in [4.78, 5) is 38.8. The van der Waals surface area contributed by atoms with Gasteiger partial charge in [-0.25, -0.2) is 0 Å². The highest BCUT2D eigenvalue weighted by molar-refractivity contribution is 6.02. The van der Waals surface area contributed by atoms with Crippen LogP contribution in [0.3, 0.4) is 0 Å². The number of rotatable bonds is 7. The number of ether oxygens (including phenoxy) is 2. The molecule has 0 aromatic heterocycles. The van der Waals surface area contributed by atoms with Crippen LogP contribution in [-0.2, 0) is 23.9 Å². The first kappa shape index (κ1) is 23.1. The lowest BCUT2D eigenvalue weighted by Gasteiger charge is -2.43. The van der Waals surface area contributed by atoms with Crippen LogP contribution < -0.4 is 0 Å². The minimum Gasteiger partial charge on any atom is -0.465 e. The molecule has 1 saturated carbocycles. The van der Waals surface area contributed by atoms with Crippen molar-refractivity contribution in [2.75, 3.05) is 13.2 Å². The molecule has 1 N–H and O–H groups in total. The molecule has 0 unspecified atom stereocenters. The van der Waals surface area contributed by atoms with Crippen molar-refractivity contribution in [3.8, 4) is 0 Å². The molecule has 0 spiro atoms. The van der Waals surface area contributed by atoms with Crippen LogP contribution in [0.25, 0.3) is 0 Å². The van der Waals surface area contributed by atoms with Crippen molar-refractivity contribution in [1.29, 1.82) is 0 Å². The predicted octanol–water partition coefficient (Wildman–Crippen LogP) is 3.12. The van der Waals surface area contributed by atoms with Crippen molar-refractivity contribution in [3.05, 3.63) is 35.9 Å². The van der Waals surface area contributed by atoms with Crippen LogP contribution in [0.5, 0.6) is 0 Å². The summed E-state index contributed by atoms with van der Waals surface area (Å²) in [5.41, 5.74) is -1.00. The van der Waals surface area contributed by atoms with Gasteiger partial charge in [-0.05, 0) is 24.3 Å². The normalized spacial score (nSPS) is 27.2. The van der Waals surface area contributed by atoms with Crippen molar-refractivity contribution in [2.24, 2.45) is 23.7 Å². The highest BCUT2D eigenvalue weighted by Crippen LogP contribution is 2.46. The maximum absolute atomic E-state index is 13.0. The Morgan fingerprint density at radius 2 is 1.55 bits per heavy atom. The Balaban J connectivity index is 2.47. The molecular formula is C23H32O6. The van der Waals surface area contributed by atoms with E-state index in [9.17, 15) is 19.5 Å². The summed E-state index contributed by atoms with van der Waals surface area (Å²) in [6, 6.07) is 8.87. The zero-order chi connectivity index (χ0) is 21.8. The molecule has 1 fully saturated rings. The van der Waals surface area contributed by atoms with Crippen molar-refractivity contribution in [2.45, 2.75) is 52.6 Å². The summed E-state index contributed by atoms with van der Waals surface area (Å²) < 4.78 is 10.8. The van der Waals surface area contributed by atoms with E-state index < -0.39 is 41.1 Å². The molecule has 2 rings (SSSR count). The number of carbonyl (C=O) groups is 3. The van der Waals surface area contributed by atoms with E-state index in [-0.39, 0.29) is 31.5 Å². The summed E-state index contributed by atoms with van der Waals surface area (Å²) in [6.07, 6.45) is -0.306. The minimum atomic E-state index is -1.62. The van der Waals surface area contributed by atoms with E-state index in [1.807, 2.05) is 33.8 Å². The first-order valence-electron chi connectivity index (χ1n) is 10.2. The van der Waals surface area contributed by atoms with E-state index in [2.05, 4.69) is 0 Å². The van der Waals surface area contributed by atoms with Crippen LogP contribution in [0.15, 0.2) is 30.3 Å². The zero-order valence-corrected chi connectivity index (χ0v) is 17.9. The van der Waals surface area contributed by atoms with Gasteiger partial charge in [0.15, 0.2) is 5.78 Å². The number of aliphatic hydroxyl groups is 1. The standard InChI is InChI=1S/C23H32O6/c1-14(2)12-28-21(25)19-17(24)11-23(5,27)20(22(26)29-13-15(3)4)18(19)16-9-7-6-8-10-16/h6-10,14-15,18-20,27H,11-13H2,1-5H3/t18-,19-,20-,23+/m1/s1. The van der Waals surface area contributed by atoms with Crippen molar-refractivity contribution in [3.63, 3.8) is 0 Å². The van der Waals surface area contributed by atoms with Gasteiger partial charge in [-0.2, -0.15) is 0 Å². The molecule has 1 aromatic rings. The molecule has 0 amide bonds. The number of hydrogen-bond acceptors (Lipinski definition) is 6. The first-order chi connectivity index (χ1) is 13.5. The Bertz CT molecular complexity index is 722. The maximum Gasteiger partial charge on any atom is 0.317 e. The van der Waals surface area contributed by atoms with Gasteiger partial charge in [0.05, 0.1) is 24.7 Å². The fourth-order valence-electron chi connectivity index (χ4n) is 3.77. The number of ketones is 1. The average molecular weight is 405 g/mol. The van der Waals surface area contributed by atoms with Gasteiger partial charge in [0, 0.05) is 12.3 Å². The van der Waals surface area contributed by atoms with Crippen LogP contribution in [0, 0.1) is 23.7 Å². The summed E-state index contributed by atoms with van der Waals surface area (Å²) in [7, 11) is 0. The average Bonchev–Trinajstić information content (AvgIpc) is 2.63. The van der Waals surface area contributed by atoms with Gasteiger partial charge in [0.25, 0.3) is 0 Å². The first-order valence-corrected chi connectivity index (χ1v) is 10.2. The molecular weight excluding hydrogens is 372 g/mol. The van der Waals surface area contributed by atoms with Crippen molar-refractivity contribution >= 4 is 17.7 Å². The van der Waals surface area contributed by atoms with Gasteiger partial charge in [-0.1, -0.05) is 58.0 Å². The number of Topliss-reactive ketones (excluding diaryl/α,β-unsaturated/α-hetero) is 1. The van der Waals surface area contributed by atoms with Crippen LogP contribution in [-0.4, -0.2) is 41.6 Å². The molecule has 0 aliphatic heterocycles. The highest BCUT2D eigenvalue weighted by Gasteiger charge is 2.57. The van der Waals surface area contributed by atoms with Crippen molar-refractivity contribution in [1.82, 2.24) is 0 Å². The van der Waals surface area contributed by atoms with Gasteiger partial charge < -0.3 is 14.6 Å². The highest BCUT2D eigenvalue weighted by atomic mass is 16.5. The molecule has 1 aliphatic carbocycles. The molecule has 1 aromatic carbocycles. The Kier molecular flexibility index (Phi) is 7.58. The second kappa shape index (κ2) is 9.53. The van der Waals surface area contributed by atoms with Gasteiger partial charge in [0.1, 0.15) is 5.92 Å². The topological polar surface area (TPSA) is 89.9 Å². The fourth-order valence-corrected chi connectivity index (χ4v) is 3.77. The Morgan fingerprint density at radius 1 is 1.03 bits per heavy atom. The molecule has 6 nitrogen and oxygen atoms in total. The van der Waals surface area contributed by atoms with E-state index in [1.165, 1.54) is 6.92 Å². The molecule has 4 atom stereocenters. The molecule has 0 saturated heterocycles. The van der Waals surface area contributed by atoms with E-state index in [1.54, 1.807) is 24.3 Å². The van der Waals surface area contributed by atoms with E-state index in [0.717, 1.165) is 0 Å². The van der Waals surface area contributed by atoms with Gasteiger partial charge in [-0.3, -0.25) is 14.4 Å². The van der Waals surface area contributed by atoms with Crippen LogP contribution >= 0.6 is 0 Å². The number of hydrogen-bond donors (Lipinski definition) is 1. The van der Waals surface area contributed by atoms with Gasteiger partial charge in [-0.15, -0.1) is 0 Å². The predicted molar refractivity (Wildman–Crippen MR) is 108 cm³/mol. The van der Waals surface area contributed by atoms with Crippen LogP contribution in [0.2, 0.25) is 0 Å². The second-order valence-corrected chi connectivity index (χ2v) is 8.94. The largest absolute Gasteiger partial charge is 0.465 e. The van der Waals surface area contributed by atoms with E-state index in [4.69, 9.17) is 9.47 Å². The van der Waals surface area contributed by atoms with Crippen LogP contribution in [0.4, 0.5) is 0 Å². The molecule has 160 valence electrons. The lowest BCUT2D eigenvalue weighted by atomic mass is 9.62. The summed E-state index contributed by atoms with van der Waals surface area (Å²) in [6.45, 7) is 9.47. The summed E-state index contributed by atoms with van der Waals surface area (Å²) >= 11 is 0. The maximum atomic E-state index is 13.0. The molecule has 29 heavy (non-hydrogen) atoms. The van der Waals surface area contributed by atoms with E-state index >= 15 is 0 Å². The number of carbonyl (C=O) groups excluding carboxylic acids is 3. The summed E-state index contributed by atoms with van der Waals surface area (Å²) in [5, 5.41) is 11.0. The monoisotopic (exact) mass is 404 g/mol. The molecule has 0 heterocycles. The Hall–Kier alpha value is -2.21. The third-order valence-electron chi connectivity index (χ3n) is 5.08. The van der Waals surface area contributed by atoms with Crippen LogP contribution in [0.1, 0.15) is 52.5 Å². The number of benzene rings is 1. The lowest BCUT2D eigenvalue weighted by molar-refractivity contribution is -0.173. The van der Waals surface area contributed by atoms with Gasteiger partial charge >= 0.3 is 11.9 Å². The SMILES string of the molecule is CC(C)COC(=O)[C@@H]1C(=O)C[C@](C)(O)[C@@H](C(=O)OCC(C)C)[C@@H]1c1ccccc1. The quantitative estimate of drug-likeness (QED) is 0.555. The smallest absolute Gasteiger partial charge is 0.317 e. The third kappa shape index (κ3) is 5.66. The van der Waals surface area contributed by atoms with Gasteiger partial charge in [0.2, 0.25) is 0 Å².